The monoisotopic (exact) mass is 446 g/mol. The van der Waals surface area contributed by atoms with Gasteiger partial charge in [0.15, 0.2) is 11.5 Å². The van der Waals surface area contributed by atoms with E-state index in [1.807, 2.05) is 6.92 Å². The van der Waals surface area contributed by atoms with Crippen molar-refractivity contribution in [2.75, 3.05) is 17.7 Å². The summed E-state index contributed by atoms with van der Waals surface area (Å²) in [6.45, 7) is 1.93. The molecule has 1 aliphatic rings. The topological polar surface area (TPSA) is 142 Å². The lowest BCUT2D eigenvalue weighted by Crippen LogP contribution is -2.29. The maximum Gasteiger partial charge on any atom is 0.271 e. The molecule has 1 fully saturated rings. The number of hydrogen-bond acceptors (Lipinski definition) is 7. The minimum absolute atomic E-state index is 0.0213. The molecule has 0 radical (unpaired) electrons. The van der Waals surface area contributed by atoms with E-state index in [-0.39, 0.29) is 34.6 Å². The molecule has 0 aliphatic heterocycles. The van der Waals surface area contributed by atoms with Crippen molar-refractivity contribution in [2.24, 2.45) is 5.73 Å². The van der Waals surface area contributed by atoms with Crippen molar-refractivity contribution in [2.45, 2.75) is 51.2 Å². The zero-order valence-electron chi connectivity index (χ0n) is 17.5. The van der Waals surface area contributed by atoms with Gasteiger partial charge >= 0.3 is 0 Å². The number of nitrogens with one attached hydrogen (secondary N) is 3. The molecular formula is C21H27ClN6O3. The van der Waals surface area contributed by atoms with Crippen LogP contribution < -0.4 is 21.7 Å². The van der Waals surface area contributed by atoms with Gasteiger partial charge in [-0.3, -0.25) is 9.59 Å². The predicted molar refractivity (Wildman–Crippen MR) is 120 cm³/mol. The zero-order chi connectivity index (χ0) is 22.5. The summed E-state index contributed by atoms with van der Waals surface area (Å²) in [6.07, 6.45) is 3.41. The molecular weight excluding hydrogens is 420 g/mol. The molecule has 1 aromatic carbocycles. The van der Waals surface area contributed by atoms with Crippen LogP contribution in [0, 0.1) is 0 Å². The van der Waals surface area contributed by atoms with E-state index in [1.54, 1.807) is 18.2 Å². The van der Waals surface area contributed by atoms with E-state index in [1.165, 1.54) is 7.05 Å². The first-order chi connectivity index (χ1) is 14.8. The Balaban J connectivity index is 1.91. The van der Waals surface area contributed by atoms with E-state index in [2.05, 4.69) is 25.9 Å². The number of amides is 2. The summed E-state index contributed by atoms with van der Waals surface area (Å²) in [7, 11) is 1.52. The van der Waals surface area contributed by atoms with Crippen LogP contribution in [0.5, 0.6) is 0 Å². The first-order valence-electron chi connectivity index (χ1n) is 10.3. The van der Waals surface area contributed by atoms with Gasteiger partial charge in [-0.05, 0) is 50.3 Å². The highest BCUT2D eigenvalue weighted by atomic mass is 35.5. The molecule has 2 amide bonds. The summed E-state index contributed by atoms with van der Waals surface area (Å²) in [6, 6.07) is 4.97. The second-order valence-corrected chi connectivity index (χ2v) is 7.89. The fraction of sp³-hybridized carbons (Fsp3) is 0.429. The molecule has 0 bridgehead atoms. The van der Waals surface area contributed by atoms with Gasteiger partial charge in [-0.1, -0.05) is 18.5 Å². The third kappa shape index (κ3) is 5.42. The average Bonchev–Trinajstić information content (AvgIpc) is 2.75. The van der Waals surface area contributed by atoms with Gasteiger partial charge in [-0.2, -0.15) is 0 Å². The quantitative estimate of drug-likeness (QED) is 0.440. The van der Waals surface area contributed by atoms with Crippen molar-refractivity contribution in [3.05, 3.63) is 40.2 Å². The summed E-state index contributed by atoms with van der Waals surface area (Å²) >= 11 is 6.23. The number of halogens is 1. The third-order valence-corrected chi connectivity index (χ3v) is 5.59. The Bertz CT molecular complexity index is 976. The number of hydrogen-bond donors (Lipinski definition) is 5. The Hall–Kier alpha value is -2.91. The van der Waals surface area contributed by atoms with E-state index < -0.39 is 5.91 Å². The molecule has 31 heavy (non-hydrogen) atoms. The smallest absolute Gasteiger partial charge is 0.271 e. The Morgan fingerprint density at radius 1 is 1.19 bits per heavy atom. The van der Waals surface area contributed by atoms with Crippen LogP contribution in [0.1, 0.15) is 59.1 Å². The van der Waals surface area contributed by atoms with Gasteiger partial charge in [0.1, 0.15) is 5.82 Å². The SMILES string of the molecule is CCc1nc(C(N)=O)c(Nc2ccc(C(=O)NC)c(Cl)c2)nc1N[C@H]1CC[C@H](O)CC1. The van der Waals surface area contributed by atoms with Crippen LogP contribution in [0.15, 0.2) is 18.2 Å². The third-order valence-electron chi connectivity index (χ3n) is 5.28. The lowest BCUT2D eigenvalue weighted by molar-refractivity contribution is 0.0961. The van der Waals surface area contributed by atoms with E-state index in [9.17, 15) is 14.7 Å². The van der Waals surface area contributed by atoms with Crippen LogP contribution in [-0.2, 0) is 6.42 Å². The number of benzene rings is 1. The van der Waals surface area contributed by atoms with Crippen molar-refractivity contribution < 1.29 is 14.7 Å². The summed E-state index contributed by atoms with van der Waals surface area (Å²) in [4.78, 5) is 32.9. The summed E-state index contributed by atoms with van der Waals surface area (Å²) in [5, 5.41) is 19.0. The average molecular weight is 447 g/mol. The van der Waals surface area contributed by atoms with Crippen molar-refractivity contribution in [1.82, 2.24) is 15.3 Å². The second kappa shape index (κ2) is 9.93. The predicted octanol–water partition coefficient (Wildman–Crippen LogP) is 2.61. The number of anilines is 3. The van der Waals surface area contributed by atoms with E-state index >= 15 is 0 Å². The number of aryl methyl sites for hydroxylation is 1. The zero-order valence-corrected chi connectivity index (χ0v) is 18.3. The highest BCUT2D eigenvalue weighted by Gasteiger charge is 2.23. The van der Waals surface area contributed by atoms with Gasteiger partial charge in [-0.25, -0.2) is 9.97 Å². The van der Waals surface area contributed by atoms with Gasteiger partial charge in [0, 0.05) is 18.8 Å². The molecule has 6 N–H and O–H groups in total. The maximum atomic E-state index is 12.0. The molecule has 1 saturated carbocycles. The highest BCUT2D eigenvalue weighted by Crippen LogP contribution is 2.28. The molecule has 10 heteroatoms. The molecule has 1 aliphatic carbocycles. The number of aromatic nitrogens is 2. The highest BCUT2D eigenvalue weighted by molar-refractivity contribution is 6.34. The van der Waals surface area contributed by atoms with Gasteiger partial charge in [0.05, 0.1) is 22.4 Å². The van der Waals surface area contributed by atoms with E-state index in [4.69, 9.17) is 17.3 Å². The minimum atomic E-state index is -0.704. The van der Waals surface area contributed by atoms with Crippen LogP contribution in [0.4, 0.5) is 17.3 Å². The maximum absolute atomic E-state index is 12.0. The van der Waals surface area contributed by atoms with Gasteiger partial charge in [0.25, 0.3) is 11.8 Å². The van der Waals surface area contributed by atoms with E-state index in [0.717, 1.165) is 25.7 Å². The van der Waals surface area contributed by atoms with Crippen LogP contribution >= 0.6 is 11.6 Å². The standard InChI is InChI=1S/C21H27ClN6O3/c1-3-16-19(25-11-4-7-13(29)8-5-11)28-20(17(27-16)18(23)30)26-12-6-9-14(15(22)10-12)21(31)24-2/h6,9-11,13,29H,3-5,7-8H2,1-2H3,(H2,23,30)(H,24,31)(H2,25,26,28)/t11-,13-. The lowest BCUT2D eigenvalue weighted by atomic mass is 9.93. The molecule has 2 aromatic rings. The Morgan fingerprint density at radius 3 is 2.48 bits per heavy atom. The molecule has 0 spiro atoms. The number of nitrogens with two attached hydrogens (primary N) is 1. The number of carbonyl (C=O) groups excluding carboxylic acids is 2. The number of rotatable bonds is 7. The molecule has 9 nitrogen and oxygen atoms in total. The van der Waals surface area contributed by atoms with Crippen LogP contribution in [0.2, 0.25) is 5.02 Å². The summed E-state index contributed by atoms with van der Waals surface area (Å²) in [5.74, 6) is -0.230. The Morgan fingerprint density at radius 2 is 1.90 bits per heavy atom. The Labute approximate surface area is 185 Å². The molecule has 1 aromatic heterocycles. The fourth-order valence-corrected chi connectivity index (χ4v) is 3.82. The number of nitrogens with zero attached hydrogens (tertiary/aromatic N) is 2. The minimum Gasteiger partial charge on any atom is -0.393 e. The first kappa shape index (κ1) is 22.8. The summed E-state index contributed by atoms with van der Waals surface area (Å²) in [5.41, 5.74) is 7.07. The van der Waals surface area contributed by atoms with Crippen LogP contribution in [-0.4, -0.2) is 46.1 Å². The van der Waals surface area contributed by atoms with Crippen molar-refractivity contribution in [3.8, 4) is 0 Å². The largest absolute Gasteiger partial charge is 0.393 e. The second-order valence-electron chi connectivity index (χ2n) is 7.48. The van der Waals surface area contributed by atoms with Crippen molar-refractivity contribution >= 4 is 40.7 Å². The van der Waals surface area contributed by atoms with E-state index in [0.29, 0.717) is 29.2 Å². The summed E-state index contributed by atoms with van der Waals surface area (Å²) < 4.78 is 0. The molecule has 1 heterocycles. The van der Waals surface area contributed by atoms with Gasteiger partial charge in [0.2, 0.25) is 0 Å². The van der Waals surface area contributed by atoms with Crippen LogP contribution in [0.25, 0.3) is 0 Å². The fourth-order valence-electron chi connectivity index (χ4n) is 3.55. The normalized spacial score (nSPS) is 18.3. The van der Waals surface area contributed by atoms with Gasteiger partial charge < -0.3 is 26.8 Å². The molecule has 0 saturated heterocycles. The number of aliphatic hydroxyl groups is 1. The Kier molecular flexibility index (Phi) is 7.29. The molecule has 0 atom stereocenters. The van der Waals surface area contributed by atoms with Gasteiger partial charge in [-0.15, -0.1) is 0 Å². The first-order valence-corrected chi connectivity index (χ1v) is 10.6. The number of aliphatic hydroxyl groups excluding tert-OH is 1. The van der Waals surface area contributed by atoms with Crippen molar-refractivity contribution in [3.63, 3.8) is 0 Å². The lowest BCUT2D eigenvalue weighted by Gasteiger charge is -2.27. The molecule has 166 valence electrons. The number of carbonyl (C=O) groups is 2. The molecule has 0 unspecified atom stereocenters. The number of primary amides is 1. The molecule has 3 rings (SSSR count). The van der Waals surface area contributed by atoms with Crippen molar-refractivity contribution in [1.29, 1.82) is 0 Å². The van der Waals surface area contributed by atoms with Crippen LogP contribution in [0.3, 0.4) is 0 Å².